The van der Waals surface area contributed by atoms with Gasteiger partial charge in [-0.3, -0.25) is 0 Å². The van der Waals surface area contributed by atoms with Crippen molar-refractivity contribution in [2.24, 2.45) is 0 Å². The second-order valence-electron chi connectivity index (χ2n) is 3.43. The summed E-state index contributed by atoms with van der Waals surface area (Å²) in [5.41, 5.74) is 1.32. The number of nitrogens with zero attached hydrogens (tertiary/aromatic N) is 1. The van der Waals surface area contributed by atoms with Crippen molar-refractivity contribution in [1.82, 2.24) is 15.3 Å². The number of imidazole rings is 1. The molecule has 80 valence electrons. The van der Waals surface area contributed by atoms with Crippen LogP contribution in [0.25, 0.3) is 0 Å². The van der Waals surface area contributed by atoms with Crippen LogP contribution in [0.2, 0.25) is 0 Å². The molecule has 0 bridgehead atoms. The number of H-pyrrole nitrogens is 1. The molecular weight excluding hydrogens is 206 g/mol. The molecule has 2 rings (SSSR count). The highest BCUT2D eigenvalue weighted by Crippen LogP contribution is 2.27. The van der Waals surface area contributed by atoms with Gasteiger partial charge in [0.25, 0.3) is 0 Å². The number of hydrogen-bond donors (Lipinski definition) is 2. The summed E-state index contributed by atoms with van der Waals surface area (Å²) >= 11 is 1.77. The zero-order valence-corrected chi connectivity index (χ0v) is 9.77. The van der Waals surface area contributed by atoms with E-state index in [-0.39, 0.29) is 6.04 Å². The first-order valence-corrected chi connectivity index (χ1v) is 5.97. The van der Waals surface area contributed by atoms with Gasteiger partial charge in [-0.05, 0) is 30.5 Å². The molecule has 0 aliphatic rings. The lowest BCUT2D eigenvalue weighted by atomic mass is 10.1. The molecule has 15 heavy (non-hydrogen) atoms. The van der Waals surface area contributed by atoms with Crippen LogP contribution in [-0.4, -0.2) is 16.5 Å². The van der Waals surface area contributed by atoms with Gasteiger partial charge in [-0.25, -0.2) is 4.98 Å². The molecule has 3 nitrogen and oxygen atoms in total. The highest BCUT2D eigenvalue weighted by atomic mass is 32.1. The Hall–Kier alpha value is -1.13. The van der Waals surface area contributed by atoms with Crippen LogP contribution in [-0.2, 0) is 0 Å². The minimum Gasteiger partial charge on any atom is -0.347 e. The maximum atomic E-state index is 4.32. The largest absolute Gasteiger partial charge is 0.347 e. The second-order valence-corrected chi connectivity index (χ2v) is 4.38. The van der Waals surface area contributed by atoms with E-state index in [1.54, 1.807) is 17.5 Å². The van der Waals surface area contributed by atoms with Crippen molar-refractivity contribution in [1.29, 1.82) is 0 Å². The smallest absolute Gasteiger partial charge is 0.128 e. The van der Waals surface area contributed by atoms with E-state index in [1.807, 2.05) is 6.20 Å². The zero-order valence-electron chi connectivity index (χ0n) is 8.95. The van der Waals surface area contributed by atoms with Crippen LogP contribution in [0.3, 0.4) is 0 Å². The summed E-state index contributed by atoms with van der Waals surface area (Å²) in [5.74, 6) is 0.988. The Bertz CT molecular complexity index is 405. The van der Waals surface area contributed by atoms with E-state index in [9.17, 15) is 0 Å². The van der Waals surface area contributed by atoms with Gasteiger partial charge in [-0.1, -0.05) is 6.92 Å². The average molecular weight is 221 g/mol. The molecule has 0 saturated carbocycles. The molecule has 1 atom stereocenters. The number of aromatic nitrogens is 2. The summed E-state index contributed by atoms with van der Waals surface area (Å²) in [6.07, 6.45) is 3.66. The van der Waals surface area contributed by atoms with Crippen LogP contribution in [0, 0.1) is 6.92 Å². The molecule has 0 spiro atoms. The molecule has 1 unspecified atom stereocenters. The first-order chi connectivity index (χ1) is 7.33. The normalized spacial score (nSPS) is 12.9. The Morgan fingerprint density at radius 3 is 3.00 bits per heavy atom. The molecule has 0 amide bonds. The lowest BCUT2D eigenvalue weighted by Gasteiger charge is -2.14. The fourth-order valence-corrected chi connectivity index (χ4v) is 2.64. The monoisotopic (exact) mass is 221 g/mol. The zero-order chi connectivity index (χ0) is 10.7. The third-order valence-electron chi connectivity index (χ3n) is 2.36. The number of thiophene rings is 1. The Morgan fingerprint density at radius 2 is 2.47 bits per heavy atom. The molecule has 2 heterocycles. The summed E-state index contributed by atoms with van der Waals surface area (Å²) in [6, 6.07) is 2.35. The summed E-state index contributed by atoms with van der Waals surface area (Å²) in [5, 5.41) is 5.57. The lowest BCUT2D eigenvalue weighted by molar-refractivity contribution is 0.610. The third kappa shape index (κ3) is 2.11. The molecule has 4 heteroatoms. The summed E-state index contributed by atoms with van der Waals surface area (Å²) in [4.78, 5) is 8.83. The van der Waals surface area contributed by atoms with Crippen LogP contribution < -0.4 is 5.32 Å². The quantitative estimate of drug-likeness (QED) is 0.832. The molecule has 0 aromatic carbocycles. The highest BCUT2D eigenvalue weighted by Gasteiger charge is 2.17. The van der Waals surface area contributed by atoms with Crippen molar-refractivity contribution in [2.75, 3.05) is 6.54 Å². The molecule has 0 aliphatic heterocycles. The van der Waals surface area contributed by atoms with E-state index in [2.05, 4.69) is 40.6 Å². The van der Waals surface area contributed by atoms with Gasteiger partial charge in [-0.2, -0.15) is 0 Å². The van der Waals surface area contributed by atoms with Crippen molar-refractivity contribution < 1.29 is 0 Å². The van der Waals surface area contributed by atoms with Gasteiger partial charge in [-0.15, -0.1) is 11.3 Å². The molecule has 0 fully saturated rings. The summed E-state index contributed by atoms with van der Waals surface area (Å²) < 4.78 is 0. The van der Waals surface area contributed by atoms with Gasteiger partial charge in [0.15, 0.2) is 0 Å². The van der Waals surface area contributed by atoms with Crippen molar-refractivity contribution in [3.05, 3.63) is 40.1 Å². The van der Waals surface area contributed by atoms with E-state index in [0.29, 0.717) is 0 Å². The van der Waals surface area contributed by atoms with Crippen LogP contribution in [0.4, 0.5) is 0 Å². The van der Waals surface area contributed by atoms with E-state index >= 15 is 0 Å². The number of aromatic amines is 1. The average Bonchev–Trinajstić information content (AvgIpc) is 2.85. The number of nitrogens with one attached hydrogen (secondary N) is 2. The van der Waals surface area contributed by atoms with Crippen LogP contribution >= 0.6 is 11.3 Å². The van der Waals surface area contributed by atoms with Gasteiger partial charge in [0.1, 0.15) is 11.9 Å². The van der Waals surface area contributed by atoms with Gasteiger partial charge in [0.2, 0.25) is 0 Å². The Morgan fingerprint density at radius 1 is 1.60 bits per heavy atom. The molecule has 0 radical (unpaired) electrons. The van der Waals surface area contributed by atoms with Crippen molar-refractivity contribution in [3.63, 3.8) is 0 Å². The molecular formula is C11H15N3S. The predicted octanol–water partition coefficient (Wildman–Crippen LogP) is 2.48. The summed E-state index contributed by atoms with van der Waals surface area (Å²) in [6.45, 7) is 5.18. The summed E-state index contributed by atoms with van der Waals surface area (Å²) in [7, 11) is 0. The maximum absolute atomic E-state index is 4.32. The van der Waals surface area contributed by atoms with Crippen molar-refractivity contribution >= 4 is 11.3 Å². The standard InChI is InChI=1S/C11H15N3S/c1-3-12-9(11-13-5-6-14-11)10-8(2)4-7-15-10/h4-7,9,12H,3H2,1-2H3,(H,13,14). The maximum Gasteiger partial charge on any atom is 0.128 e. The SMILES string of the molecule is CCNC(c1ncc[nH]1)c1sccc1C. The molecule has 2 N–H and O–H groups in total. The van der Waals surface area contributed by atoms with Gasteiger partial charge < -0.3 is 10.3 Å². The lowest BCUT2D eigenvalue weighted by Crippen LogP contribution is -2.22. The molecule has 0 aliphatic carbocycles. The van der Waals surface area contributed by atoms with Gasteiger partial charge >= 0.3 is 0 Å². The molecule has 2 aromatic heterocycles. The van der Waals surface area contributed by atoms with E-state index in [1.165, 1.54) is 10.4 Å². The highest BCUT2D eigenvalue weighted by molar-refractivity contribution is 7.10. The molecule has 2 aromatic rings. The van der Waals surface area contributed by atoms with E-state index in [0.717, 1.165) is 12.4 Å². The minimum absolute atomic E-state index is 0.199. The van der Waals surface area contributed by atoms with Crippen LogP contribution in [0.15, 0.2) is 23.8 Å². The Labute approximate surface area is 93.6 Å². The molecule has 0 saturated heterocycles. The second kappa shape index (κ2) is 4.59. The Kier molecular flexibility index (Phi) is 3.18. The van der Waals surface area contributed by atoms with E-state index in [4.69, 9.17) is 0 Å². The van der Waals surface area contributed by atoms with E-state index < -0.39 is 0 Å². The fraction of sp³-hybridized carbons (Fsp3) is 0.364. The van der Waals surface area contributed by atoms with Crippen LogP contribution in [0.5, 0.6) is 0 Å². The number of rotatable bonds is 4. The number of hydrogen-bond acceptors (Lipinski definition) is 3. The Balaban J connectivity index is 2.32. The van der Waals surface area contributed by atoms with Crippen molar-refractivity contribution in [2.45, 2.75) is 19.9 Å². The van der Waals surface area contributed by atoms with Crippen molar-refractivity contribution in [3.8, 4) is 0 Å². The topological polar surface area (TPSA) is 40.7 Å². The predicted molar refractivity (Wildman–Crippen MR) is 63.2 cm³/mol. The first-order valence-electron chi connectivity index (χ1n) is 5.09. The van der Waals surface area contributed by atoms with Gasteiger partial charge in [0, 0.05) is 17.3 Å². The van der Waals surface area contributed by atoms with Gasteiger partial charge in [0.05, 0.1) is 0 Å². The number of aryl methyl sites for hydroxylation is 1. The fourth-order valence-electron chi connectivity index (χ4n) is 1.63. The first kappa shape index (κ1) is 10.4. The minimum atomic E-state index is 0.199. The third-order valence-corrected chi connectivity index (χ3v) is 3.45. The van der Waals surface area contributed by atoms with Crippen LogP contribution in [0.1, 0.15) is 29.2 Å².